The van der Waals surface area contributed by atoms with Gasteiger partial charge in [0.05, 0.1) is 5.92 Å². The van der Waals surface area contributed by atoms with E-state index in [9.17, 15) is 9.90 Å². The van der Waals surface area contributed by atoms with Crippen LogP contribution in [0.5, 0.6) is 0 Å². The van der Waals surface area contributed by atoms with E-state index in [2.05, 4.69) is 40.3 Å². The van der Waals surface area contributed by atoms with E-state index in [1.165, 1.54) is 31.3 Å². The Labute approximate surface area is 169 Å². The summed E-state index contributed by atoms with van der Waals surface area (Å²) in [5.41, 5.74) is 2.79. The Balaban J connectivity index is 1.60. The average Bonchev–Trinajstić information content (AvgIpc) is 3.13. The standard InChI is InChI=1S/C25H36O3/c1-14(2)16-8-9-23(4)10-11-24(5)13-18-15(3)12-25(27)20(18)17(22(26)28-25)6-7-19(24)21(16)23/h6,15-16,18-21,27H,1,7-13H2,2-5H3/b17-6+/t15-,16+,18-,19-,20-,21-,23-,24+,25+/m1/s1. The predicted octanol–water partition coefficient (Wildman–Crippen LogP) is 5.25. The van der Waals surface area contributed by atoms with Gasteiger partial charge >= 0.3 is 5.97 Å². The fourth-order valence-electron chi connectivity index (χ4n) is 8.45. The smallest absolute Gasteiger partial charge is 0.336 e. The van der Waals surface area contributed by atoms with Crippen LogP contribution in [0.4, 0.5) is 0 Å². The van der Waals surface area contributed by atoms with Gasteiger partial charge in [-0.1, -0.05) is 39.0 Å². The summed E-state index contributed by atoms with van der Waals surface area (Å²) in [5.74, 6) is 0.920. The largest absolute Gasteiger partial charge is 0.429 e. The molecule has 5 aliphatic rings. The average molecular weight is 385 g/mol. The number of ether oxygens (including phenoxy) is 1. The zero-order valence-corrected chi connectivity index (χ0v) is 18.0. The fraction of sp³-hybridized carbons (Fsp3) is 0.800. The quantitative estimate of drug-likeness (QED) is 0.496. The van der Waals surface area contributed by atoms with E-state index in [4.69, 9.17) is 4.74 Å². The molecule has 0 radical (unpaired) electrons. The summed E-state index contributed by atoms with van der Waals surface area (Å²) in [6.45, 7) is 13.8. The first-order valence-corrected chi connectivity index (χ1v) is 11.4. The molecule has 9 atom stereocenters. The molecule has 0 aromatic heterocycles. The molecule has 1 aliphatic heterocycles. The normalized spacial score (nSPS) is 56.6. The van der Waals surface area contributed by atoms with Gasteiger partial charge in [-0.2, -0.15) is 0 Å². The maximum atomic E-state index is 12.6. The fourth-order valence-corrected chi connectivity index (χ4v) is 8.45. The van der Waals surface area contributed by atoms with Gasteiger partial charge in [-0.3, -0.25) is 0 Å². The topological polar surface area (TPSA) is 46.5 Å². The maximum absolute atomic E-state index is 12.6. The molecule has 4 fully saturated rings. The van der Waals surface area contributed by atoms with Crippen LogP contribution in [0.2, 0.25) is 0 Å². The maximum Gasteiger partial charge on any atom is 0.336 e. The van der Waals surface area contributed by atoms with Crippen molar-refractivity contribution in [3.05, 3.63) is 23.8 Å². The SMILES string of the molecule is C=C(C)[C@@H]1CC[C@]2(C)CC[C@@]3(C)C[C@@H]4[C@H](C)C[C@]5(O)OC(=O)/C(=C/C[C@@H]3[C@@H]12)[C@H]45. The molecule has 3 heteroatoms. The number of hydrogen-bond acceptors (Lipinski definition) is 3. The highest BCUT2D eigenvalue weighted by Gasteiger charge is 2.65. The Morgan fingerprint density at radius 1 is 1.21 bits per heavy atom. The molecule has 0 spiro atoms. The highest BCUT2D eigenvalue weighted by atomic mass is 16.7. The van der Waals surface area contributed by atoms with Crippen molar-refractivity contribution in [3.8, 4) is 0 Å². The summed E-state index contributed by atoms with van der Waals surface area (Å²) in [6, 6.07) is 0. The van der Waals surface area contributed by atoms with Gasteiger partial charge in [-0.05, 0) is 85.9 Å². The molecular formula is C25H36O3. The molecule has 154 valence electrons. The molecule has 4 aliphatic carbocycles. The number of esters is 1. The van der Waals surface area contributed by atoms with Crippen LogP contribution in [0.1, 0.15) is 72.6 Å². The van der Waals surface area contributed by atoms with Gasteiger partial charge in [-0.15, -0.1) is 0 Å². The molecule has 0 amide bonds. The number of fused-ring (bicyclic) bond motifs is 3. The van der Waals surface area contributed by atoms with Gasteiger partial charge in [0.15, 0.2) is 0 Å². The van der Waals surface area contributed by atoms with E-state index in [0.717, 1.165) is 18.4 Å². The van der Waals surface area contributed by atoms with Crippen LogP contribution in [-0.2, 0) is 9.53 Å². The van der Waals surface area contributed by atoms with E-state index in [1.807, 2.05) is 0 Å². The summed E-state index contributed by atoms with van der Waals surface area (Å²) in [7, 11) is 0. The molecule has 0 aromatic carbocycles. The first-order valence-electron chi connectivity index (χ1n) is 11.4. The summed E-state index contributed by atoms with van der Waals surface area (Å²) < 4.78 is 5.55. The Morgan fingerprint density at radius 2 is 1.93 bits per heavy atom. The van der Waals surface area contributed by atoms with Gasteiger partial charge in [0.25, 0.3) is 0 Å². The summed E-state index contributed by atoms with van der Waals surface area (Å²) in [6.07, 6.45) is 9.95. The number of allylic oxidation sites excluding steroid dienone is 2. The Morgan fingerprint density at radius 3 is 2.64 bits per heavy atom. The third-order valence-electron chi connectivity index (χ3n) is 9.89. The van der Waals surface area contributed by atoms with Crippen molar-refractivity contribution >= 4 is 5.97 Å². The van der Waals surface area contributed by atoms with Crippen LogP contribution >= 0.6 is 0 Å². The minimum absolute atomic E-state index is 0.124. The zero-order valence-electron chi connectivity index (χ0n) is 18.0. The zero-order chi connectivity index (χ0) is 20.1. The van der Waals surface area contributed by atoms with Crippen LogP contribution < -0.4 is 0 Å². The third kappa shape index (κ3) is 2.35. The molecule has 0 unspecified atom stereocenters. The molecule has 28 heavy (non-hydrogen) atoms. The molecule has 0 bridgehead atoms. The minimum atomic E-state index is -1.26. The molecule has 3 saturated carbocycles. The first kappa shape index (κ1) is 18.9. The van der Waals surface area contributed by atoms with Crippen LogP contribution in [0, 0.1) is 46.3 Å². The lowest BCUT2D eigenvalue weighted by molar-refractivity contribution is -0.197. The molecule has 1 heterocycles. The molecule has 1 saturated heterocycles. The van der Waals surface area contributed by atoms with Crippen molar-refractivity contribution < 1.29 is 14.6 Å². The highest BCUT2D eigenvalue weighted by molar-refractivity contribution is 5.92. The van der Waals surface area contributed by atoms with Crippen molar-refractivity contribution in [2.75, 3.05) is 0 Å². The molecule has 5 rings (SSSR count). The van der Waals surface area contributed by atoms with Crippen LogP contribution in [0.3, 0.4) is 0 Å². The third-order valence-corrected chi connectivity index (χ3v) is 9.89. The van der Waals surface area contributed by atoms with E-state index in [-0.39, 0.29) is 17.3 Å². The number of carbonyl (C=O) groups is 1. The summed E-state index contributed by atoms with van der Waals surface area (Å²) in [5, 5.41) is 11.1. The number of aliphatic hydroxyl groups is 1. The predicted molar refractivity (Wildman–Crippen MR) is 109 cm³/mol. The van der Waals surface area contributed by atoms with E-state index >= 15 is 0 Å². The van der Waals surface area contributed by atoms with Gasteiger partial charge in [0, 0.05) is 12.0 Å². The lowest BCUT2D eigenvalue weighted by Gasteiger charge is -2.55. The minimum Gasteiger partial charge on any atom is -0.429 e. The van der Waals surface area contributed by atoms with E-state index < -0.39 is 5.79 Å². The molecule has 0 aromatic rings. The molecular weight excluding hydrogens is 348 g/mol. The lowest BCUT2D eigenvalue weighted by atomic mass is 9.49. The molecule has 1 N–H and O–H groups in total. The van der Waals surface area contributed by atoms with Gasteiger partial charge < -0.3 is 9.84 Å². The van der Waals surface area contributed by atoms with Crippen molar-refractivity contribution in [2.45, 2.75) is 78.4 Å². The molecule has 3 nitrogen and oxygen atoms in total. The van der Waals surface area contributed by atoms with E-state index in [1.54, 1.807) is 0 Å². The summed E-state index contributed by atoms with van der Waals surface area (Å²) >= 11 is 0. The number of carbonyl (C=O) groups excluding carboxylic acids is 1. The van der Waals surface area contributed by atoms with Crippen molar-refractivity contribution in [1.29, 1.82) is 0 Å². The van der Waals surface area contributed by atoms with Crippen molar-refractivity contribution in [1.82, 2.24) is 0 Å². The van der Waals surface area contributed by atoms with E-state index in [0.29, 0.717) is 41.4 Å². The van der Waals surface area contributed by atoms with Gasteiger partial charge in [-0.25, -0.2) is 4.79 Å². The Hall–Kier alpha value is -1.09. The van der Waals surface area contributed by atoms with Crippen LogP contribution in [0.15, 0.2) is 23.8 Å². The van der Waals surface area contributed by atoms with Crippen molar-refractivity contribution in [2.24, 2.45) is 46.3 Å². The Kier molecular flexibility index (Phi) is 3.88. The second-order valence-corrected chi connectivity index (χ2v) is 11.6. The van der Waals surface area contributed by atoms with Gasteiger partial charge in [0.1, 0.15) is 0 Å². The second-order valence-electron chi connectivity index (χ2n) is 11.6. The lowest BCUT2D eigenvalue weighted by Crippen LogP contribution is -2.48. The second kappa shape index (κ2) is 5.74. The monoisotopic (exact) mass is 384 g/mol. The van der Waals surface area contributed by atoms with Crippen LogP contribution in [-0.4, -0.2) is 16.9 Å². The Bertz CT molecular complexity index is 768. The van der Waals surface area contributed by atoms with Crippen LogP contribution in [0.25, 0.3) is 0 Å². The van der Waals surface area contributed by atoms with Gasteiger partial charge in [0.2, 0.25) is 5.79 Å². The summed E-state index contributed by atoms with van der Waals surface area (Å²) in [4.78, 5) is 12.6. The number of hydrogen-bond donors (Lipinski definition) is 1. The number of rotatable bonds is 1. The highest BCUT2D eigenvalue weighted by Crippen LogP contribution is 2.67. The first-order chi connectivity index (χ1) is 13.1. The van der Waals surface area contributed by atoms with Crippen molar-refractivity contribution in [3.63, 3.8) is 0 Å².